The second-order valence-corrected chi connectivity index (χ2v) is 3.92. The lowest BCUT2D eigenvalue weighted by atomic mass is 10.2. The molecular formula is C12H14N2O4. The number of ether oxygens (including phenoxy) is 1. The van der Waals surface area contributed by atoms with Gasteiger partial charge in [-0.25, -0.2) is 19.6 Å². The number of hydrogen-bond acceptors (Lipinski definition) is 3. The van der Waals surface area contributed by atoms with Crippen LogP contribution in [0.2, 0.25) is 0 Å². The molecule has 0 bridgehead atoms. The fraction of sp³-hybridized carbons (Fsp3) is 0.333. The van der Waals surface area contributed by atoms with Crippen molar-refractivity contribution in [1.82, 2.24) is 10.0 Å². The third kappa shape index (κ3) is 2.71. The Morgan fingerprint density at radius 2 is 1.83 bits per heavy atom. The number of nitrogens with zero attached hydrogens (tertiary/aromatic N) is 2. The molecule has 0 unspecified atom stereocenters. The van der Waals surface area contributed by atoms with Gasteiger partial charge in [0.1, 0.15) is 6.61 Å². The highest BCUT2D eigenvalue weighted by molar-refractivity contribution is 5.73. The number of hydrazine groups is 1. The Kier molecular flexibility index (Phi) is 3.66. The van der Waals surface area contributed by atoms with Crippen molar-refractivity contribution < 1.29 is 19.4 Å². The molecule has 1 aliphatic rings. The second-order valence-electron chi connectivity index (χ2n) is 3.92. The normalized spacial score (nSPS) is 14.7. The van der Waals surface area contributed by atoms with Crippen molar-refractivity contribution in [3.05, 3.63) is 35.9 Å². The van der Waals surface area contributed by atoms with E-state index in [1.54, 1.807) is 0 Å². The lowest BCUT2D eigenvalue weighted by Gasteiger charge is -2.24. The van der Waals surface area contributed by atoms with Crippen LogP contribution < -0.4 is 0 Å². The lowest BCUT2D eigenvalue weighted by Crippen LogP contribution is -2.44. The first-order chi connectivity index (χ1) is 8.68. The van der Waals surface area contributed by atoms with Gasteiger partial charge in [-0.2, -0.15) is 0 Å². The molecule has 2 amide bonds. The third-order valence-electron chi connectivity index (χ3n) is 2.67. The standard InChI is InChI=1S/C12H14N2O4/c15-11(16)13-7-4-8-14(13)12(17)18-9-10-5-2-1-3-6-10/h1-3,5-6H,4,7-9H2,(H,15,16). The molecule has 1 saturated heterocycles. The Morgan fingerprint density at radius 3 is 2.50 bits per heavy atom. The summed E-state index contributed by atoms with van der Waals surface area (Å²) in [6, 6.07) is 9.25. The lowest BCUT2D eigenvalue weighted by molar-refractivity contribution is 0.0161. The maximum atomic E-state index is 11.7. The van der Waals surface area contributed by atoms with Crippen LogP contribution >= 0.6 is 0 Å². The van der Waals surface area contributed by atoms with Crippen molar-refractivity contribution in [3.8, 4) is 0 Å². The smallest absolute Gasteiger partial charge is 0.429 e. The van der Waals surface area contributed by atoms with Gasteiger partial charge in [0, 0.05) is 13.1 Å². The van der Waals surface area contributed by atoms with E-state index in [0.29, 0.717) is 19.5 Å². The van der Waals surface area contributed by atoms with Crippen molar-refractivity contribution in [1.29, 1.82) is 0 Å². The molecule has 6 nitrogen and oxygen atoms in total. The molecule has 0 spiro atoms. The van der Waals surface area contributed by atoms with Gasteiger partial charge in [0.05, 0.1) is 0 Å². The number of hydrogen-bond donors (Lipinski definition) is 1. The van der Waals surface area contributed by atoms with Gasteiger partial charge in [0.15, 0.2) is 0 Å². The summed E-state index contributed by atoms with van der Waals surface area (Å²) in [5.74, 6) is 0. The van der Waals surface area contributed by atoms with E-state index in [9.17, 15) is 9.59 Å². The summed E-state index contributed by atoms with van der Waals surface area (Å²) < 4.78 is 5.07. The van der Waals surface area contributed by atoms with Crippen LogP contribution in [0.15, 0.2) is 30.3 Å². The van der Waals surface area contributed by atoms with E-state index in [0.717, 1.165) is 15.6 Å². The molecule has 0 aromatic heterocycles. The number of carbonyl (C=O) groups is 2. The van der Waals surface area contributed by atoms with Gasteiger partial charge < -0.3 is 9.84 Å². The SMILES string of the molecule is O=C(O)N1CCCN1C(=O)OCc1ccccc1. The number of rotatable bonds is 2. The highest BCUT2D eigenvalue weighted by Crippen LogP contribution is 2.13. The molecule has 0 radical (unpaired) electrons. The van der Waals surface area contributed by atoms with Crippen LogP contribution in [-0.2, 0) is 11.3 Å². The summed E-state index contributed by atoms with van der Waals surface area (Å²) >= 11 is 0. The first-order valence-electron chi connectivity index (χ1n) is 5.67. The molecule has 18 heavy (non-hydrogen) atoms. The maximum absolute atomic E-state index is 11.7. The minimum absolute atomic E-state index is 0.142. The van der Waals surface area contributed by atoms with Crippen LogP contribution in [0, 0.1) is 0 Å². The van der Waals surface area contributed by atoms with Crippen molar-refractivity contribution in [3.63, 3.8) is 0 Å². The van der Waals surface area contributed by atoms with Gasteiger partial charge in [0.25, 0.3) is 0 Å². The van der Waals surface area contributed by atoms with E-state index in [1.165, 1.54) is 0 Å². The van der Waals surface area contributed by atoms with Crippen LogP contribution in [0.5, 0.6) is 0 Å². The predicted octanol–water partition coefficient (Wildman–Crippen LogP) is 1.92. The van der Waals surface area contributed by atoms with Gasteiger partial charge in [-0.05, 0) is 12.0 Å². The minimum Gasteiger partial charge on any atom is -0.464 e. The molecule has 6 heteroatoms. The molecule has 1 fully saturated rings. The van der Waals surface area contributed by atoms with Gasteiger partial charge in [0.2, 0.25) is 0 Å². The van der Waals surface area contributed by atoms with Gasteiger partial charge in [-0.3, -0.25) is 0 Å². The highest BCUT2D eigenvalue weighted by atomic mass is 16.6. The maximum Gasteiger partial charge on any atom is 0.429 e. The number of amides is 2. The number of carbonyl (C=O) groups excluding carboxylic acids is 1. The summed E-state index contributed by atoms with van der Waals surface area (Å²) in [5, 5.41) is 11.0. The Hall–Kier alpha value is -2.24. The molecule has 0 aliphatic carbocycles. The van der Waals surface area contributed by atoms with E-state index in [2.05, 4.69) is 0 Å². The third-order valence-corrected chi connectivity index (χ3v) is 2.67. The van der Waals surface area contributed by atoms with Crippen molar-refractivity contribution >= 4 is 12.2 Å². The summed E-state index contributed by atoms with van der Waals surface area (Å²) in [6.45, 7) is 0.847. The zero-order chi connectivity index (χ0) is 13.0. The van der Waals surface area contributed by atoms with Crippen LogP contribution in [0.1, 0.15) is 12.0 Å². The molecule has 0 atom stereocenters. The average Bonchev–Trinajstić information content (AvgIpc) is 2.86. The number of benzene rings is 1. The van der Waals surface area contributed by atoms with E-state index >= 15 is 0 Å². The molecule has 1 N–H and O–H groups in total. The molecule has 0 saturated carbocycles. The first-order valence-corrected chi connectivity index (χ1v) is 5.67. The number of carboxylic acid groups (broad SMARTS) is 1. The second kappa shape index (κ2) is 5.39. The molecule has 1 aromatic carbocycles. The Labute approximate surface area is 104 Å². The van der Waals surface area contributed by atoms with Crippen molar-refractivity contribution in [2.75, 3.05) is 13.1 Å². The first kappa shape index (κ1) is 12.2. The van der Waals surface area contributed by atoms with Gasteiger partial charge in [-0.1, -0.05) is 30.3 Å². The van der Waals surface area contributed by atoms with Gasteiger partial charge >= 0.3 is 12.2 Å². The Balaban J connectivity index is 1.90. The average molecular weight is 250 g/mol. The molecule has 2 rings (SSSR count). The van der Waals surface area contributed by atoms with E-state index < -0.39 is 12.2 Å². The fourth-order valence-electron chi connectivity index (χ4n) is 1.79. The topological polar surface area (TPSA) is 70.1 Å². The van der Waals surface area contributed by atoms with Crippen LogP contribution in [0.4, 0.5) is 9.59 Å². The van der Waals surface area contributed by atoms with Crippen LogP contribution in [0.3, 0.4) is 0 Å². The zero-order valence-electron chi connectivity index (χ0n) is 9.78. The zero-order valence-corrected chi connectivity index (χ0v) is 9.78. The molecule has 1 heterocycles. The largest absolute Gasteiger partial charge is 0.464 e. The van der Waals surface area contributed by atoms with Crippen LogP contribution in [-0.4, -0.2) is 40.4 Å². The monoisotopic (exact) mass is 250 g/mol. The quantitative estimate of drug-likeness (QED) is 0.870. The highest BCUT2D eigenvalue weighted by Gasteiger charge is 2.31. The Bertz CT molecular complexity index is 435. The van der Waals surface area contributed by atoms with Gasteiger partial charge in [-0.15, -0.1) is 0 Å². The van der Waals surface area contributed by atoms with E-state index in [1.807, 2.05) is 30.3 Å². The molecule has 1 aromatic rings. The summed E-state index contributed by atoms with van der Waals surface area (Å²) in [4.78, 5) is 22.6. The molecule has 96 valence electrons. The minimum atomic E-state index is -1.14. The summed E-state index contributed by atoms with van der Waals surface area (Å²) in [5.41, 5.74) is 0.868. The summed E-state index contributed by atoms with van der Waals surface area (Å²) in [6.07, 6.45) is -1.13. The van der Waals surface area contributed by atoms with Crippen molar-refractivity contribution in [2.45, 2.75) is 13.0 Å². The predicted molar refractivity (Wildman–Crippen MR) is 62.7 cm³/mol. The van der Waals surface area contributed by atoms with E-state index in [-0.39, 0.29) is 6.61 Å². The summed E-state index contributed by atoms with van der Waals surface area (Å²) in [7, 11) is 0. The van der Waals surface area contributed by atoms with E-state index in [4.69, 9.17) is 9.84 Å². The Morgan fingerprint density at radius 1 is 1.17 bits per heavy atom. The molecular weight excluding hydrogens is 236 g/mol. The fourth-order valence-corrected chi connectivity index (χ4v) is 1.79. The van der Waals surface area contributed by atoms with Crippen molar-refractivity contribution in [2.24, 2.45) is 0 Å². The van der Waals surface area contributed by atoms with Crippen LogP contribution in [0.25, 0.3) is 0 Å². The molecule has 1 aliphatic heterocycles.